The second-order valence-corrected chi connectivity index (χ2v) is 5.01. The van der Waals surface area contributed by atoms with Crippen LogP contribution in [0.25, 0.3) is 6.08 Å². The van der Waals surface area contributed by atoms with Crippen LogP contribution in [0.1, 0.15) is 5.56 Å². The van der Waals surface area contributed by atoms with Crippen molar-refractivity contribution in [3.8, 4) is 0 Å². The van der Waals surface area contributed by atoms with E-state index < -0.39 is 16.4 Å². The number of sulfone groups is 1. The van der Waals surface area contributed by atoms with Crippen molar-refractivity contribution in [1.29, 1.82) is 0 Å². The summed E-state index contributed by atoms with van der Waals surface area (Å²) in [6, 6.07) is 8.91. The molecule has 0 aliphatic carbocycles. The maximum Gasteiger partial charge on any atom is 0.174 e. The van der Waals surface area contributed by atoms with Gasteiger partial charge >= 0.3 is 0 Å². The third-order valence-electron chi connectivity index (χ3n) is 1.75. The average Bonchev–Trinajstić information content (AvgIpc) is 2.14. The van der Waals surface area contributed by atoms with Crippen molar-refractivity contribution in [2.45, 2.75) is 0 Å². The number of hydrogen-bond donors (Lipinski definition) is 0. The first-order chi connectivity index (χ1) is 6.54. The molecule has 0 saturated heterocycles. The molecule has 0 aromatic heterocycles. The van der Waals surface area contributed by atoms with E-state index in [1.165, 1.54) is 6.08 Å². The number of rotatable bonds is 3. The summed E-state index contributed by atoms with van der Waals surface area (Å²) in [5.41, 5.74) is 0.726. The van der Waals surface area contributed by atoms with Crippen LogP contribution in [0.2, 0.25) is 0 Å². The van der Waals surface area contributed by atoms with Crippen molar-refractivity contribution in [3.63, 3.8) is 0 Å². The fourth-order valence-corrected chi connectivity index (χ4v) is 1.56. The van der Waals surface area contributed by atoms with Gasteiger partial charge in [0.1, 0.15) is 6.61 Å². The Morgan fingerprint density at radius 2 is 1.86 bits per heavy atom. The molecule has 14 heavy (non-hydrogen) atoms. The van der Waals surface area contributed by atoms with E-state index in [9.17, 15) is 13.5 Å². The van der Waals surface area contributed by atoms with Gasteiger partial charge in [0.05, 0.1) is 4.91 Å². The molecule has 1 radical (unpaired) electrons. The second kappa shape index (κ2) is 4.39. The summed E-state index contributed by atoms with van der Waals surface area (Å²) in [6.45, 7) is -0.715. The number of benzene rings is 1. The van der Waals surface area contributed by atoms with E-state index in [4.69, 9.17) is 0 Å². The van der Waals surface area contributed by atoms with Crippen molar-refractivity contribution in [1.82, 2.24) is 0 Å². The van der Waals surface area contributed by atoms with Crippen molar-refractivity contribution < 1.29 is 13.5 Å². The maximum absolute atomic E-state index is 11.1. The molecule has 0 aliphatic heterocycles. The lowest BCUT2D eigenvalue weighted by molar-refractivity contribution is 0.229. The van der Waals surface area contributed by atoms with Gasteiger partial charge in [0.15, 0.2) is 9.84 Å². The molecule has 4 heteroatoms. The summed E-state index contributed by atoms with van der Waals surface area (Å²) in [7, 11) is -3.36. The zero-order valence-electron chi connectivity index (χ0n) is 7.80. The Labute approximate surface area is 83.6 Å². The summed E-state index contributed by atoms with van der Waals surface area (Å²) in [6.07, 6.45) is 2.45. The Bertz CT molecular complexity index is 418. The number of hydrogen-bond acceptors (Lipinski definition) is 2. The van der Waals surface area contributed by atoms with E-state index in [-0.39, 0.29) is 4.91 Å². The molecule has 0 unspecified atom stereocenters. The van der Waals surface area contributed by atoms with E-state index in [1.807, 2.05) is 6.07 Å². The first-order valence-electron chi connectivity index (χ1n) is 4.08. The van der Waals surface area contributed by atoms with Gasteiger partial charge in [0.25, 0.3) is 0 Å². The van der Waals surface area contributed by atoms with E-state index in [0.29, 0.717) is 0 Å². The van der Waals surface area contributed by atoms with Crippen molar-refractivity contribution in [3.05, 3.63) is 40.8 Å². The molecular formula is C10H11O3S. The van der Waals surface area contributed by atoms with Gasteiger partial charge in [-0.05, 0) is 11.6 Å². The van der Waals surface area contributed by atoms with Gasteiger partial charge in [-0.2, -0.15) is 0 Å². The molecule has 1 aromatic carbocycles. The van der Waals surface area contributed by atoms with Gasteiger partial charge in [-0.3, -0.25) is 0 Å². The van der Waals surface area contributed by atoms with Crippen LogP contribution < -0.4 is 0 Å². The van der Waals surface area contributed by atoms with Gasteiger partial charge in [-0.25, -0.2) is 13.5 Å². The predicted molar refractivity (Wildman–Crippen MR) is 54.8 cm³/mol. The zero-order valence-corrected chi connectivity index (χ0v) is 8.62. The fraction of sp³-hybridized carbons (Fsp3) is 0.200. The van der Waals surface area contributed by atoms with Crippen molar-refractivity contribution >= 4 is 15.9 Å². The third-order valence-corrected chi connectivity index (χ3v) is 2.93. The first-order valence-corrected chi connectivity index (χ1v) is 5.97. The normalized spacial score (nSPS) is 12.9. The molecule has 0 atom stereocenters. The van der Waals surface area contributed by atoms with Gasteiger partial charge < -0.3 is 0 Å². The van der Waals surface area contributed by atoms with Crippen LogP contribution in [0.3, 0.4) is 0 Å². The van der Waals surface area contributed by atoms with E-state index in [0.717, 1.165) is 11.8 Å². The summed E-state index contributed by atoms with van der Waals surface area (Å²) >= 11 is 0. The predicted octanol–water partition coefficient (Wildman–Crippen LogP) is 1.50. The standard InChI is InChI=1S/C10H11O3S/c1-14(12,13)10(8-11)7-9-5-3-2-4-6-9/h2-7H,8H2,1H3. The molecule has 0 aliphatic rings. The van der Waals surface area contributed by atoms with Crippen LogP contribution in [-0.2, 0) is 14.9 Å². The highest BCUT2D eigenvalue weighted by molar-refractivity contribution is 7.94. The molecule has 0 fully saturated rings. The van der Waals surface area contributed by atoms with Gasteiger partial charge in [0.2, 0.25) is 0 Å². The lowest BCUT2D eigenvalue weighted by Crippen LogP contribution is -2.03. The van der Waals surface area contributed by atoms with Crippen LogP contribution in [0.5, 0.6) is 0 Å². The first kappa shape index (κ1) is 10.9. The van der Waals surface area contributed by atoms with Crippen LogP contribution >= 0.6 is 0 Å². The lowest BCUT2D eigenvalue weighted by Gasteiger charge is -1.99. The Morgan fingerprint density at radius 1 is 1.29 bits per heavy atom. The molecule has 0 heterocycles. The second-order valence-electron chi connectivity index (χ2n) is 2.94. The highest BCUT2D eigenvalue weighted by atomic mass is 32.2. The lowest BCUT2D eigenvalue weighted by atomic mass is 10.2. The van der Waals surface area contributed by atoms with Crippen LogP contribution in [0.4, 0.5) is 0 Å². The molecule has 0 saturated carbocycles. The molecule has 75 valence electrons. The molecule has 0 amide bonds. The largest absolute Gasteiger partial charge is 0.231 e. The Hall–Kier alpha value is -1.13. The molecule has 3 nitrogen and oxygen atoms in total. The van der Waals surface area contributed by atoms with Crippen LogP contribution in [0.15, 0.2) is 35.2 Å². The van der Waals surface area contributed by atoms with Gasteiger partial charge in [-0.1, -0.05) is 30.3 Å². The Balaban J connectivity index is 3.09. The molecular weight excluding hydrogens is 200 g/mol. The topological polar surface area (TPSA) is 54.0 Å². The van der Waals surface area contributed by atoms with Crippen molar-refractivity contribution in [2.75, 3.05) is 12.9 Å². The minimum Gasteiger partial charge on any atom is -0.231 e. The zero-order chi connectivity index (χ0) is 10.6. The molecule has 1 rings (SSSR count). The van der Waals surface area contributed by atoms with Crippen LogP contribution in [0, 0.1) is 0 Å². The van der Waals surface area contributed by atoms with E-state index >= 15 is 0 Å². The fourth-order valence-electron chi connectivity index (χ4n) is 0.991. The van der Waals surface area contributed by atoms with Crippen molar-refractivity contribution in [2.24, 2.45) is 0 Å². The van der Waals surface area contributed by atoms with Crippen LogP contribution in [-0.4, -0.2) is 21.3 Å². The van der Waals surface area contributed by atoms with Gasteiger partial charge in [-0.15, -0.1) is 0 Å². The maximum atomic E-state index is 11.1. The third kappa shape index (κ3) is 2.97. The summed E-state index contributed by atoms with van der Waals surface area (Å²) in [5, 5.41) is 10.6. The summed E-state index contributed by atoms with van der Waals surface area (Å²) in [5.74, 6) is 0. The highest BCUT2D eigenvalue weighted by Gasteiger charge is 2.10. The molecule has 1 aromatic rings. The SMILES string of the molecule is CS(=O)(=O)C(=Cc1ccccc1)C[O]. The van der Waals surface area contributed by atoms with Gasteiger partial charge in [0, 0.05) is 6.26 Å². The summed E-state index contributed by atoms with van der Waals surface area (Å²) < 4.78 is 22.2. The monoisotopic (exact) mass is 211 g/mol. The minimum absolute atomic E-state index is 0.0799. The smallest absolute Gasteiger partial charge is 0.174 e. The molecule has 0 spiro atoms. The Morgan fingerprint density at radius 3 is 2.29 bits per heavy atom. The molecule has 0 bridgehead atoms. The highest BCUT2D eigenvalue weighted by Crippen LogP contribution is 2.10. The Kier molecular flexibility index (Phi) is 3.43. The average molecular weight is 211 g/mol. The van der Waals surface area contributed by atoms with E-state index in [2.05, 4.69) is 0 Å². The minimum atomic E-state index is -3.36. The summed E-state index contributed by atoms with van der Waals surface area (Å²) in [4.78, 5) is -0.0799. The van der Waals surface area contributed by atoms with E-state index in [1.54, 1.807) is 24.3 Å². The quantitative estimate of drug-likeness (QED) is 0.760. The molecule has 0 N–H and O–H groups in total.